The van der Waals surface area contributed by atoms with Gasteiger partial charge in [-0.25, -0.2) is 4.98 Å². The number of hydrogen-bond acceptors (Lipinski definition) is 5. The number of carbonyl (C=O) groups excluding carboxylic acids is 1. The van der Waals surface area contributed by atoms with Crippen LogP contribution in [0.4, 0.5) is 5.82 Å². The van der Waals surface area contributed by atoms with Crippen molar-refractivity contribution in [2.75, 3.05) is 18.9 Å². The zero-order valence-corrected chi connectivity index (χ0v) is 11.7. The highest BCUT2D eigenvalue weighted by atomic mass is 16.5. The molecular weight excluding hydrogens is 268 g/mol. The van der Waals surface area contributed by atoms with Crippen LogP contribution >= 0.6 is 0 Å². The number of aromatic nitrogens is 2. The van der Waals surface area contributed by atoms with Crippen molar-refractivity contribution < 1.29 is 9.53 Å². The third-order valence-electron chi connectivity index (χ3n) is 3.33. The van der Waals surface area contributed by atoms with Gasteiger partial charge in [-0.15, -0.1) is 0 Å². The van der Waals surface area contributed by atoms with Crippen LogP contribution < -0.4 is 15.4 Å². The number of nitrogens with zero attached hydrogens (tertiary/aromatic N) is 2. The van der Waals surface area contributed by atoms with Crippen LogP contribution in [0.3, 0.4) is 0 Å². The monoisotopic (exact) mass is 284 g/mol. The molecule has 1 aromatic carbocycles. The van der Waals surface area contributed by atoms with E-state index in [1.54, 1.807) is 13.2 Å². The molecule has 2 heterocycles. The molecule has 6 heteroatoms. The van der Waals surface area contributed by atoms with Crippen molar-refractivity contribution in [3.8, 4) is 5.75 Å². The molecule has 0 fully saturated rings. The van der Waals surface area contributed by atoms with Gasteiger partial charge in [-0.05, 0) is 11.6 Å². The van der Waals surface area contributed by atoms with Crippen molar-refractivity contribution in [3.05, 3.63) is 47.9 Å². The number of rotatable bonds is 4. The Hall–Kier alpha value is -2.63. The lowest BCUT2D eigenvalue weighted by Gasteiger charge is -2.11. The van der Waals surface area contributed by atoms with Crippen LogP contribution in [0.1, 0.15) is 16.1 Å². The lowest BCUT2D eigenvalue weighted by Crippen LogP contribution is -2.35. The standard InChI is InChI=1S/C15H16N4O2/c1-16-14-9-17-8-12(19-14)15(20)18-7-11-6-10-4-2-3-5-13(10)21-11/h2-5,8-9,11H,6-7H2,1H3,(H,16,19)(H,18,20). The molecule has 0 spiro atoms. The van der Waals surface area contributed by atoms with E-state index in [1.807, 2.05) is 24.3 Å². The molecule has 3 rings (SSSR count). The lowest BCUT2D eigenvalue weighted by atomic mass is 10.1. The van der Waals surface area contributed by atoms with Gasteiger partial charge in [0.2, 0.25) is 0 Å². The maximum absolute atomic E-state index is 12.0. The van der Waals surface area contributed by atoms with Crippen LogP contribution in [0.25, 0.3) is 0 Å². The van der Waals surface area contributed by atoms with Gasteiger partial charge < -0.3 is 15.4 Å². The maximum atomic E-state index is 12.0. The molecule has 1 unspecified atom stereocenters. The summed E-state index contributed by atoms with van der Waals surface area (Å²) in [6.07, 6.45) is 3.78. The van der Waals surface area contributed by atoms with E-state index in [2.05, 4.69) is 20.6 Å². The summed E-state index contributed by atoms with van der Waals surface area (Å²) in [5, 5.41) is 5.69. The fourth-order valence-electron chi connectivity index (χ4n) is 2.26. The predicted molar refractivity (Wildman–Crippen MR) is 78.5 cm³/mol. The fourth-order valence-corrected chi connectivity index (χ4v) is 2.26. The van der Waals surface area contributed by atoms with Gasteiger partial charge >= 0.3 is 0 Å². The molecule has 6 nitrogen and oxygen atoms in total. The van der Waals surface area contributed by atoms with Gasteiger partial charge in [-0.3, -0.25) is 9.78 Å². The summed E-state index contributed by atoms with van der Waals surface area (Å²) >= 11 is 0. The Balaban J connectivity index is 1.57. The minimum absolute atomic E-state index is 0.0354. The van der Waals surface area contributed by atoms with E-state index >= 15 is 0 Å². The third kappa shape index (κ3) is 2.94. The Morgan fingerprint density at radius 2 is 2.24 bits per heavy atom. The summed E-state index contributed by atoms with van der Waals surface area (Å²) in [7, 11) is 1.73. The van der Waals surface area contributed by atoms with Gasteiger partial charge in [0.15, 0.2) is 0 Å². The van der Waals surface area contributed by atoms with E-state index in [0.29, 0.717) is 12.4 Å². The fraction of sp³-hybridized carbons (Fsp3) is 0.267. The van der Waals surface area contributed by atoms with Crippen LogP contribution in [0.15, 0.2) is 36.7 Å². The van der Waals surface area contributed by atoms with Gasteiger partial charge in [0.25, 0.3) is 5.91 Å². The Morgan fingerprint density at radius 3 is 3.05 bits per heavy atom. The quantitative estimate of drug-likeness (QED) is 0.883. The van der Waals surface area contributed by atoms with Crippen LogP contribution in [-0.2, 0) is 6.42 Å². The van der Waals surface area contributed by atoms with Crippen LogP contribution in [-0.4, -0.2) is 35.6 Å². The first-order chi connectivity index (χ1) is 10.3. The van der Waals surface area contributed by atoms with Gasteiger partial charge in [0.05, 0.1) is 18.9 Å². The molecule has 0 radical (unpaired) electrons. The number of nitrogens with one attached hydrogen (secondary N) is 2. The van der Waals surface area contributed by atoms with Crippen molar-refractivity contribution in [2.24, 2.45) is 0 Å². The average Bonchev–Trinajstić information content (AvgIpc) is 2.95. The van der Waals surface area contributed by atoms with Crippen molar-refractivity contribution in [2.45, 2.75) is 12.5 Å². The minimum atomic E-state index is -0.251. The van der Waals surface area contributed by atoms with E-state index in [9.17, 15) is 4.79 Å². The molecule has 108 valence electrons. The first-order valence-electron chi connectivity index (χ1n) is 6.79. The summed E-state index contributed by atoms with van der Waals surface area (Å²) in [6, 6.07) is 7.92. The van der Waals surface area contributed by atoms with Crippen molar-refractivity contribution in [1.82, 2.24) is 15.3 Å². The molecule has 0 saturated carbocycles. The molecular formula is C15H16N4O2. The molecule has 21 heavy (non-hydrogen) atoms. The Labute approximate surface area is 122 Å². The molecule has 1 aromatic heterocycles. The molecule has 2 N–H and O–H groups in total. The Bertz CT molecular complexity index is 635. The lowest BCUT2D eigenvalue weighted by molar-refractivity contribution is 0.0928. The van der Waals surface area contributed by atoms with Gasteiger partial charge in [0.1, 0.15) is 23.4 Å². The van der Waals surface area contributed by atoms with Gasteiger partial charge in [-0.2, -0.15) is 0 Å². The molecule has 0 saturated heterocycles. The van der Waals surface area contributed by atoms with E-state index in [-0.39, 0.29) is 17.7 Å². The summed E-state index contributed by atoms with van der Waals surface area (Å²) in [4.78, 5) is 20.2. The Kier molecular flexibility index (Phi) is 3.68. The number of amides is 1. The van der Waals surface area contributed by atoms with Crippen molar-refractivity contribution in [1.29, 1.82) is 0 Å². The number of carbonyl (C=O) groups is 1. The van der Waals surface area contributed by atoms with E-state index in [1.165, 1.54) is 11.8 Å². The van der Waals surface area contributed by atoms with E-state index < -0.39 is 0 Å². The minimum Gasteiger partial charge on any atom is -0.488 e. The topological polar surface area (TPSA) is 76.1 Å². The maximum Gasteiger partial charge on any atom is 0.271 e. The molecule has 2 aromatic rings. The molecule has 1 aliphatic heterocycles. The number of para-hydroxylation sites is 1. The largest absolute Gasteiger partial charge is 0.488 e. The number of hydrogen-bond donors (Lipinski definition) is 2. The third-order valence-corrected chi connectivity index (χ3v) is 3.33. The predicted octanol–water partition coefficient (Wildman–Crippen LogP) is 1.25. The van der Waals surface area contributed by atoms with Crippen LogP contribution in [0.5, 0.6) is 5.75 Å². The SMILES string of the molecule is CNc1cncc(C(=O)NCC2Cc3ccccc3O2)n1. The van der Waals surface area contributed by atoms with Gasteiger partial charge in [0, 0.05) is 13.5 Å². The average molecular weight is 284 g/mol. The number of fused-ring (bicyclic) bond motifs is 1. The van der Waals surface area contributed by atoms with Crippen molar-refractivity contribution in [3.63, 3.8) is 0 Å². The highest BCUT2D eigenvalue weighted by Gasteiger charge is 2.23. The second kappa shape index (κ2) is 5.78. The number of anilines is 1. The highest BCUT2D eigenvalue weighted by molar-refractivity contribution is 5.92. The summed E-state index contributed by atoms with van der Waals surface area (Å²) < 4.78 is 5.77. The van der Waals surface area contributed by atoms with E-state index in [0.717, 1.165) is 12.2 Å². The first-order valence-corrected chi connectivity index (χ1v) is 6.79. The molecule has 0 bridgehead atoms. The molecule has 1 atom stereocenters. The summed E-state index contributed by atoms with van der Waals surface area (Å²) in [6.45, 7) is 0.443. The Morgan fingerprint density at radius 1 is 1.38 bits per heavy atom. The van der Waals surface area contributed by atoms with Crippen molar-refractivity contribution >= 4 is 11.7 Å². The molecule has 1 amide bonds. The molecule has 0 aliphatic carbocycles. The number of benzene rings is 1. The summed E-state index contributed by atoms with van der Waals surface area (Å²) in [5.74, 6) is 1.21. The van der Waals surface area contributed by atoms with Crippen LogP contribution in [0, 0.1) is 0 Å². The zero-order valence-electron chi connectivity index (χ0n) is 11.7. The zero-order chi connectivity index (χ0) is 14.7. The van der Waals surface area contributed by atoms with Crippen LogP contribution in [0.2, 0.25) is 0 Å². The summed E-state index contributed by atoms with van der Waals surface area (Å²) in [5.41, 5.74) is 1.46. The van der Waals surface area contributed by atoms with Gasteiger partial charge in [-0.1, -0.05) is 18.2 Å². The normalized spacial score (nSPS) is 16.0. The smallest absolute Gasteiger partial charge is 0.271 e. The second-order valence-electron chi connectivity index (χ2n) is 4.80. The molecule has 1 aliphatic rings. The highest BCUT2D eigenvalue weighted by Crippen LogP contribution is 2.27. The first kappa shape index (κ1) is 13.4. The number of ether oxygens (including phenoxy) is 1. The van der Waals surface area contributed by atoms with E-state index in [4.69, 9.17) is 4.74 Å². The second-order valence-corrected chi connectivity index (χ2v) is 4.80.